The first-order chi connectivity index (χ1) is 12.0. The molecular weight excluding hydrogens is 313 g/mol. The lowest BCUT2D eigenvalue weighted by molar-refractivity contribution is 0.216. The van der Waals surface area contributed by atoms with Crippen LogP contribution in [0.15, 0.2) is 48.5 Å². The molecule has 0 bridgehead atoms. The molecule has 2 rings (SSSR count). The van der Waals surface area contributed by atoms with Crippen LogP contribution in [0, 0.1) is 24.6 Å². The second kappa shape index (κ2) is 9.69. The molecule has 0 radical (unpaired) electrons. The lowest BCUT2D eigenvalue weighted by Gasteiger charge is -2.24. The molecular formula is C22H30FNO. The fourth-order valence-corrected chi connectivity index (χ4v) is 3.16. The predicted molar refractivity (Wildman–Crippen MR) is 102 cm³/mol. The van der Waals surface area contributed by atoms with E-state index in [0.29, 0.717) is 5.92 Å². The molecule has 0 amide bonds. The highest BCUT2D eigenvalue weighted by Gasteiger charge is 2.16. The fourth-order valence-electron chi connectivity index (χ4n) is 3.16. The van der Waals surface area contributed by atoms with E-state index in [1.807, 2.05) is 24.3 Å². The molecule has 2 atom stereocenters. The Morgan fingerprint density at radius 2 is 1.72 bits per heavy atom. The van der Waals surface area contributed by atoms with Crippen LogP contribution in [0.2, 0.25) is 0 Å². The summed E-state index contributed by atoms with van der Waals surface area (Å²) >= 11 is 0. The van der Waals surface area contributed by atoms with Gasteiger partial charge in [-0.2, -0.15) is 0 Å². The van der Waals surface area contributed by atoms with Gasteiger partial charge in [-0.25, -0.2) is 4.39 Å². The van der Waals surface area contributed by atoms with Crippen LogP contribution in [0.25, 0.3) is 0 Å². The molecule has 0 spiro atoms. The van der Waals surface area contributed by atoms with E-state index in [1.54, 1.807) is 0 Å². The molecule has 0 aliphatic rings. The summed E-state index contributed by atoms with van der Waals surface area (Å²) in [6.45, 7) is 7.38. The maximum Gasteiger partial charge on any atom is 0.123 e. The second-order valence-electron chi connectivity index (χ2n) is 7.32. The summed E-state index contributed by atoms with van der Waals surface area (Å²) in [6, 6.07) is 15.2. The van der Waals surface area contributed by atoms with Crippen LogP contribution in [0.5, 0.6) is 0 Å². The van der Waals surface area contributed by atoms with Gasteiger partial charge in [-0.3, -0.25) is 0 Å². The standard InChI is InChI=1S/C22H30FNO/c1-16(2)12-22(19-8-10-21(23)11-9-19)24-14-18(15-25)13-20-7-5-4-6-17(20)3/h4-11,16,18,22,24-25H,12-15H2,1-3H3. The molecule has 2 aromatic carbocycles. The SMILES string of the molecule is Cc1ccccc1CC(CO)CNC(CC(C)C)c1ccc(F)cc1. The van der Waals surface area contributed by atoms with E-state index in [9.17, 15) is 9.50 Å². The summed E-state index contributed by atoms with van der Waals surface area (Å²) in [6.07, 6.45) is 1.84. The Labute approximate surface area is 151 Å². The first kappa shape index (κ1) is 19.6. The van der Waals surface area contributed by atoms with Crippen molar-refractivity contribution in [3.8, 4) is 0 Å². The molecule has 0 saturated carbocycles. The third kappa shape index (κ3) is 6.26. The molecule has 0 heterocycles. The van der Waals surface area contributed by atoms with Crippen LogP contribution in [0.3, 0.4) is 0 Å². The first-order valence-electron chi connectivity index (χ1n) is 9.13. The smallest absolute Gasteiger partial charge is 0.123 e. The van der Waals surface area contributed by atoms with Gasteiger partial charge in [-0.05, 0) is 60.4 Å². The molecule has 2 nitrogen and oxygen atoms in total. The van der Waals surface area contributed by atoms with Gasteiger partial charge in [0, 0.05) is 19.2 Å². The van der Waals surface area contributed by atoms with E-state index in [-0.39, 0.29) is 24.4 Å². The van der Waals surface area contributed by atoms with Crippen molar-refractivity contribution in [2.45, 2.75) is 39.7 Å². The molecule has 0 aliphatic heterocycles. The zero-order valence-electron chi connectivity index (χ0n) is 15.5. The van der Waals surface area contributed by atoms with Crippen molar-refractivity contribution in [2.75, 3.05) is 13.2 Å². The molecule has 0 saturated heterocycles. The number of rotatable bonds is 9. The van der Waals surface area contributed by atoms with Gasteiger partial charge >= 0.3 is 0 Å². The Morgan fingerprint density at radius 3 is 2.32 bits per heavy atom. The number of benzene rings is 2. The largest absolute Gasteiger partial charge is 0.396 e. The summed E-state index contributed by atoms with van der Waals surface area (Å²) in [5, 5.41) is 13.4. The maximum atomic E-state index is 13.2. The van der Waals surface area contributed by atoms with Crippen LogP contribution in [0.1, 0.15) is 43.0 Å². The predicted octanol–water partition coefficient (Wildman–Crippen LogP) is 4.66. The number of aliphatic hydroxyl groups excluding tert-OH is 1. The molecule has 0 aromatic heterocycles. The normalized spacial score (nSPS) is 13.8. The zero-order valence-corrected chi connectivity index (χ0v) is 15.5. The van der Waals surface area contributed by atoms with Crippen LogP contribution in [0.4, 0.5) is 4.39 Å². The Bertz CT molecular complexity index is 639. The first-order valence-corrected chi connectivity index (χ1v) is 9.13. The quantitative estimate of drug-likeness (QED) is 0.694. The highest BCUT2D eigenvalue weighted by molar-refractivity contribution is 5.26. The topological polar surface area (TPSA) is 32.3 Å². The van der Waals surface area contributed by atoms with Crippen molar-refractivity contribution in [1.82, 2.24) is 5.32 Å². The molecule has 2 aromatic rings. The lowest BCUT2D eigenvalue weighted by atomic mass is 9.94. The highest BCUT2D eigenvalue weighted by Crippen LogP contribution is 2.22. The zero-order chi connectivity index (χ0) is 18.2. The number of hydrogen-bond donors (Lipinski definition) is 2. The third-order valence-electron chi connectivity index (χ3n) is 4.66. The Kier molecular flexibility index (Phi) is 7.60. The van der Waals surface area contributed by atoms with Crippen LogP contribution in [-0.2, 0) is 6.42 Å². The Balaban J connectivity index is 2.02. The van der Waals surface area contributed by atoms with Gasteiger partial charge in [0.2, 0.25) is 0 Å². The Hall–Kier alpha value is -1.71. The summed E-state index contributed by atoms with van der Waals surface area (Å²) in [7, 11) is 0. The monoisotopic (exact) mass is 343 g/mol. The van der Waals surface area contributed by atoms with Crippen LogP contribution in [-0.4, -0.2) is 18.3 Å². The minimum absolute atomic E-state index is 0.152. The van der Waals surface area contributed by atoms with Gasteiger partial charge < -0.3 is 10.4 Å². The van der Waals surface area contributed by atoms with Gasteiger partial charge in [0.05, 0.1) is 0 Å². The minimum Gasteiger partial charge on any atom is -0.396 e. The summed E-state index contributed by atoms with van der Waals surface area (Å²) in [5.74, 6) is 0.488. The number of hydrogen-bond acceptors (Lipinski definition) is 2. The van der Waals surface area contributed by atoms with Gasteiger partial charge in [-0.1, -0.05) is 50.2 Å². The van der Waals surface area contributed by atoms with Crippen molar-refractivity contribution in [2.24, 2.45) is 11.8 Å². The molecule has 136 valence electrons. The van der Waals surface area contributed by atoms with Crippen molar-refractivity contribution >= 4 is 0 Å². The van der Waals surface area contributed by atoms with Crippen LogP contribution < -0.4 is 5.32 Å². The van der Waals surface area contributed by atoms with E-state index < -0.39 is 0 Å². The van der Waals surface area contributed by atoms with E-state index in [0.717, 1.165) is 24.9 Å². The van der Waals surface area contributed by atoms with E-state index in [2.05, 4.69) is 38.2 Å². The van der Waals surface area contributed by atoms with Crippen molar-refractivity contribution < 1.29 is 9.50 Å². The van der Waals surface area contributed by atoms with Crippen molar-refractivity contribution in [1.29, 1.82) is 0 Å². The third-order valence-corrected chi connectivity index (χ3v) is 4.66. The molecule has 2 unspecified atom stereocenters. The summed E-state index contributed by atoms with van der Waals surface area (Å²) in [4.78, 5) is 0. The Morgan fingerprint density at radius 1 is 1.04 bits per heavy atom. The van der Waals surface area contributed by atoms with Gasteiger partial charge in [0.15, 0.2) is 0 Å². The average Bonchev–Trinajstić information content (AvgIpc) is 2.59. The number of nitrogens with one attached hydrogen (secondary N) is 1. The van der Waals surface area contributed by atoms with E-state index in [4.69, 9.17) is 0 Å². The number of halogens is 1. The average molecular weight is 343 g/mol. The van der Waals surface area contributed by atoms with Gasteiger partial charge in [-0.15, -0.1) is 0 Å². The van der Waals surface area contributed by atoms with E-state index in [1.165, 1.54) is 23.3 Å². The molecule has 0 fully saturated rings. The summed E-state index contributed by atoms with van der Waals surface area (Å²) in [5.41, 5.74) is 3.64. The lowest BCUT2D eigenvalue weighted by Crippen LogP contribution is -2.31. The number of aliphatic hydroxyl groups is 1. The van der Waals surface area contributed by atoms with Crippen LogP contribution >= 0.6 is 0 Å². The van der Waals surface area contributed by atoms with Gasteiger partial charge in [0.25, 0.3) is 0 Å². The summed E-state index contributed by atoms with van der Waals surface area (Å²) < 4.78 is 13.2. The maximum absolute atomic E-state index is 13.2. The van der Waals surface area contributed by atoms with E-state index >= 15 is 0 Å². The fraction of sp³-hybridized carbons (Fsp3) is 0.455. The van der Waals surface area contributed by atoms with Crippen molar-refractivity contribution in [3.63, 3.8) is 0 Å². The van der Waals surface area contributed by atoms with Crippen molar-refractivity contribution in [3.05, 3.63) is 71.0 Å². The van der Waals surface area contributed by atoms with Gasteiger partial charge in [0.1, 0.15) is 5.82 Å². The molecule has 0 aliphatic carbocycles. The second-order valence-corrected chi connectivity index (χ2v) is 7.32. The number of aryl methyl sites for hydroxylation is 1. The molecule has 2 N–H and O–H groups in total. The molecule has 3 heteroatoms. The minimum atomic E-state index is -0.208. The molecule has 25 heavy (non-hydrogen) atoms. The highest BCUT2D eigenvalue weighted by atomic mass is 19.1.